The number of fused-ring (bicyclic) bond motifs is 1. The highest BCUT2D eigenvalue weighted by atomic mass is 19.1. The number of aromatic hydroxyl groups is 1. The zero-order valence-electron chi connectivity index (χ0n) is 21.5. The molecule has 3 atom stereocenters. The fourth-order valence-corrected chi connectivity index (χ4v) is 5.46. The van der Waals surface area contributed by atoms with Gasteiger partial charge in [-0.3, -0.25) is 0 Å². The Kier molecular flexibility index (Phi) is 7.08. The molecule has 0 bridgehead atoms. The minimum Gasteiger partial charge on any atom is -0.507 e. The second kappa shape index (κ2) is 10.4. The number of rotatable bonds is 6. The van der Waals surface area contributed by atoms with Gasteiger partial charge in [-0.15, -0.1) is 20.4 Å². The Morgan fingerprint density at radius 3 is 2.70 bits per heavy atom. The number of phenols is 1. The van der Waals surface area contributed by atoms with E-state index in [1.807, 2.05) is 11.9 Å². The first kappa shape index (κ1) is 25.1. The largest absolute Gasteiger partial charge is 0.507 e. The minimum absolute atomic E-state index is 0.0139. The molecule has 3 heterocycles. The Balaban J connectivity index is 1.34. The van der Waals surface area contributed by atoms with Crippen LogP contribution in [0.15, 0.2) is 30.5 Å². The molecule has 0 amide bonds. The highest BCUT2D eigenvalue weighted by molar-refractivity contribution is 5.72. The van der Waals surface area contributed by atoms with E-state index >= 15 is 4.39 Å². The quantitative estimate of drug-likeness (QED) is 0.461. The van der Waals surface area contributed by atoms with Crippen molar-refractivity contribution in [3.63, 3.8) is 0 Å². The second-order valence-electron chi connectivity index (χ2n) is 10.2. The summed E-state index contributed by atoms with van der Waals surface area (Å²) in [6, 6.07) is 6.54. The van der Waals surface area contributed by atoms with Crippen molar-refractivity contribution >= 4 is 5.82 Å². The number of ether oxygens (including phenoxy) is 2. The van der Waals surface area contributed by atoms with Gasteiger partial charge >= 0.3 is 0 Å². The van der Waals surface area contributed by atoms with E-state index in [4.69, 9.17) is 9.47 Å². The average molecular weight is 509 g/mol. The fraction of sp³-hybridized carbons (Fsp3) is 0.519. The summed E-state index contributed by atoms with van der Waals surface area (Å²) in [5.74, 6) is 1.66. The zero-order valence-corrected chi connectivity index (χ0v) is 21.5. The molecule has 196 valence electrons. The van der Waals surface area contributed by atoms with Crippen LogP contribution in [-0.4, -0.2) is 63.0 Å². The van der Waals surface area contributed by atoms with Crippen molar-refractivity contribution in [1.29, 1.82) is 0 Å². The number of anilines is 1. The highest BCUT2D eigenvalue weighted by Crippen LogP contribution is 2.42. The van der Waals surface area contributed by atoms with Gasteiger partial charge in [0.15, 0.2) is 17.4 Å². The van der Waals surface area contributed by atoms with E-state index < -0.39 is 6.17 Å². The van der Waals surface area contributed by atoms with Crippen LogP contribution in [0, 0.1) is 5.41 Å². The summed E-state index contributed by atoms with van der Waals surface area (Å²) in [5.41, 5.74) is 1.30. The van der Waals surface area contributed by atoms with Gasteiger partial charge < -0.3 is 19.5 Å². The van der Waals surface area contributed by atoms with Crippen molar-refractivity contribution < 1.29 is 19.0 Å². The summed E-state index contributed by atoms with van der Waals surface area (Å²) in [6.07, 6.45) is 6.17. The predicted octanol–water partition coefficient (Wildman–Crippen LogP) is 5.00. The predicted molar refractivity (Wildman–Crippen MR) is 138 cm³/mol. The van der Waals surface area contributed by atoms with Crippen LogP contribution in [-0.2, 0) is 0 Å². The standard InChI is InChI=1S/C27H33FN6O3/c1-4-10-27(2)11-6-5-7-20(24(27)28)34(3)23-16-29-25(32-31-23)18-9-8-17(14-21(18)35)19-15-22-26(33-30-19)37-13-12-36-22/h8-9,14-16,20,24,35H,4-7,10-13H2,1-3H3/t20-,24-,27+/m0/s1. The minimum atomic E-state index is -0.957. The molecule has 1 saturated carbocycles. The van der Waals surface area contributed by atoms with Crippen molar-refractivity contribution in [3.05, 3.63) is 30.5 Å². The SMILES string of the molecule is CCC[C@]1(C)CCCC[C@H](N(C)c2cnc(-c3ccc(-c4cc5c(nn4)OCCO5)cc3O)nn2)[C@@H]1F. The number of benzene rings is 1. The molecule has 0 saturated heterocycles. The van der Waals surface area contributed by atoms with E-state index in [0.717, 1.165) is 38.5 Å². The van der Waals surface area contributed by atoms with Gasteiger partial charge in [0, 0.05) is 24.1 Å². The number of hydrogen-bond donors (Lipinski definition) is 1. The number of halogens is 1. The molecule has 0 radical (unpaired) electrons. The van der Waals surface area contributed by atoms with Crippen LogP contribution in [0.1, 0.15) is 52.4 Å². The Bertz CT molecular complexity index is 1240. The molecule has 2 aromatic heterocycles. The number of hydrogen-bond acceptors (Lipinski definition) is 9. The number of aromatic nitrogens is 5. The van der Waals surface area contributed by atoms with Gasteiger partial charge in [0.05, 0.1) is 23.5 Å². The first-order valence-electron chi connectivity index (χ1n) is 12.9. The van der Waals surface area contributed by atoms with Crippen molar-refractivity contribution in [2.24, 2.45) is 5.41 Å². The van der Waals surface area contributed by atoms with E-state index in [-0.39, 0.29) is 23.0 Å². The molecule has 5 rings (SSSR count). The molecular weight excluding hydrogens is 475 g/mol. The molecule has 37 heavy (non-hydrogen) atoms. The molecule has 2 aliphatic rings. The van der Waals surface area contributed by atoms with Crippen LogP contribution in [0.4, 0.5) is 10.2 Å². The van der Waals surface area contributed by atoms with Crippen LogP contribution in [0.5, 0.6) is 17.4 Å². The van der Waals surface area contributed by atoms with Crippen LogP contribution >= 0.6 is 0 Å². The van der Waals surface area contributed by atoms with Crippen molar-refractivity contribution in [1.82, 2.24) is 25.4 Å². The maximum absolute atomic E-state index is 15.8. The van der Waals surface area contributed by atoms with Crippen LogP contribution in [0.2, 0.25) is 0 Å². The summed E-state index contributed by atoms with van der Waals surface area (Å²) in [6.45, 7) is 5.07. The topological polar surface area (TPSA) is 106 Å². The Hall–Kier alpha value is -3.56. The zero-order chi connectivity index (χ0) is 26.0. The number of alkyl halides is 1. The molecule has 3 aromatic rings. The smallest absolute Gasteiger partial charge is 0.276 e. The average Bonchev–Trinajstić information content (AvgIpc) is 3.06. The van der Waals surface area contributed by atoms with Gasteiger partial charge in [0.1, 0.15) is 25.1 Å². The van der Waals surface area contributed by atoms with Crippen molar-refractivity contribution in [2.75, 3.05) is 25.2 Å². The molecule has 1 N–H and O–H groups in total. The molecular formula is C27H33FN6O3. The van der Waals surface area contributed by atoms with Crippen LogP contribution in [0.25, 0.3) is 22.6 Å². The Morgan fingerprint density at radius 2 is 1.95 bits per heavy atom. The summed E-state index contributed by atoms with van der Waals surface area (Å²) in [5, 5.41) is 27.6. The van der Waals surface area contributed by atoms with E-state index in [1.165, 1.54) is 0 Å². The molecule has 0 unspecified atom stereocenters. The maximum Gasteiger partial charge on any atom is 0.276 e. The molecule has 1 aliphatic carbocycles. The third-order valence-electron chi connectivity index (χ3n) is 7.57. The van der Waals surface area contributed by atoms with Crippen LogP contribution < -0.4 is 14.4 Å². The number of phenolic OH excluding ortho intramolecular Hbond substituents is 1. The first-order valence-corrected chi connectivity index (χ1v) is 12.9. The van der Waals surface area contributed by atoms with Crippen molar-refractivity contribution in [2.45, 2.75) is 64.6 Å². The summed E-state index contributed by atoms with van der Waals surface area (Å²) in [4.78, 5) is 6.32. The first-order chi connectivity index (χ1) is 17.9. The maximum atomic E-state index is 15.8. The molecule has 9 nitrogen and oxygen atoms in total. The third kappa shape index (κ3) is 5.01. The van der Waals surface area contributed by atoms with Gasteiger partial charge in [0.2, 0.25) is 0 Å². The highest BCUT2D eigenvalue weighted by Gasteiger charge is 2.42. The van der Waals surface area contributed by atoms with Crippen LogP contribution in [0.3, 0.4) is 0 Å². The van der Waals surface area contributed by atoms with Gasteiger partial charge in [-0.05, 0) is 31.4 Å². The molecule has 10 heteroatoms. The lowest BCUT2D eigenvalue weighted by Crippen LogP contribution is -2.46. The summed E-state index contributed by atoms with van der Waals surface area (Å²) < 4.78 is 26.8. The molecule has 0 spiro atoms. The lowest BCUT2D eigenvalue weighted by atomic mass is 9.76. The van der Waals surface area contributed by atoms with E-state index in [0.29, 0.717) is 47.5 Å². The van der Waals surface area contributed by atoms with E-state index in [1.54, 1.807) is 30.5 Å². The molecule has 1 fully saturated rings. The van der Waals surface area contributed by atoms with E-state index in [9.17, 15) is 5.11 Å². The van der Waals surface area contributed by atoms with Gasteiger partial charge in [-0.1, -0.05) is 39.2 Å². The molecule has 1 aromatic carbocycles. The Labute approximate surface area is 216 Å². The second-order valence-corrected chi connectivity index (χ2v) is 10.2. The van der Waals surface area contributed by atoms with Gasteiger partial charge in [0.25, 0.3) is 5.88 Å². The summed E-state index contributed by atoms with van der Waals surface area (Å²) in [7, 11) is 1.86. The third-order valence-corrected chi connectivity index (χ3v) is 7.57. The van der Waals surface area contributed by atoms with E-state index in [2.05, 4.69) is 39.2 Å². The summed E-state index contributed by atoms with van der Waals surface area (Å²) >= 11 is 0. The Morgan fingerprint density at radius 1 is 1.11 bits per heavy atom. The lowest BCUT2D eigenvalue weighted by molar-refractivity contribution is 0.0868. The fourth-order valence-electron chi connectivity index (χ4n) is 5.46. The van der Waals surface area contributed by atoms with Gasteiger partial charge in [-0.2, -0.15) is 0 Å². The number of nitrogens with zero attached hydrogens (tertiary/aromatic N) is 6. The van der Waals surface area contributed by atoms with Crippen molar-refractivity contribution in [3.8, 4) is 40.0 Å². The monoisotopic (exact) mass is 508 g/mol. The molecule has 1 aliphatic heterocycles. The van der Waals surface area contributed by atoms with Gasteiger partial charge in [-0.25, -0.2) is 9.37 Å². The lowest BCUT2D eigenvalue weighted by Gasteiger charge is -2.39. The normalized spacial score (nSPS) is 23.4.